The lowest BCUT2D eigenvalue weighted by molar-refractivity contribution is 0.137. The number of likely N-dealkylation sites (N-methyl/N-ethyl adjacent to an activating group) is 2. The molecule has 1 aliphatic heterocycles. The molecule has 1 saturated heterocycles. The first kappa shape index (κ1) is 10.4. The van der Waals surface area contributed by atoms with Gasteiger partial charge in [0.15, 0.2) is 0 Å². The van der Waals surface area contributed by atoms with Crippen molar-refractivity contribution >= 4 is 28.7 Å². The van der Waals surface area contributed by atoms with Crippen LogP contribution in [0.15, 0.2) is 0 Å². The highest BCUT2D eigenvalue weighted by atomic mass is 32.2. The fraction of sp³-hybridized carbons (Fsp3) is 0.750. The molecule has 1 radical (unpaired) electrons. The zero-order valence-electron chi connectivity index (χ0n) is 7.56. The molecule has 0 aliphatic carbocycles. The molecular weight excluding hydrogens is 188 g/mol. The van der Waals surface area contributed by atoms with Crippen molar-refractivity contribution in [3.8, 4) is 0 Å². The molecule has 4 heteroatoms. The third kappa shape index (κ3) is 3.01. The van der Waals surface area contributed by atoms with Gasteiger partial charge in [-0.2, -0.15) is 0 Å². The van der Waals surface area contributed by atoms with E-state index in [2.05, 4.69) is 29.6 Å². The van der Waals surface area contributed by atoms with Crippen LogP contribution in [0.2, 0.25) is 0 Å². The van der Waals surface area contributed by atoms with E-state index in [1.807, 2.05) is 0 Å². The third-order valence-corrected chi connectivity index (χ3v) is 3.11. The number of thiocarbonyl (C=S) groups is 1. The van der Waals surface area contributed by atoms with E-state index >= 15 is 0 Å². The summed E-state index contributed by atoms with van der Waals surface area (Å²) in [4.78, 5) is 4.72. The van der Waals surface area contributed by atoms with Gasteiger partial charge in [0.25, 0.3) is 0 Å². The summed E-state index contributed by atoms with van der Waals surface area (Å²) >= 11 is 6.38. The third-order valence-electron chi connectivity index (χ3n) is 2.19. The lowest BCUT2D eigenvalue weighted by Gasteiger charge is -2.37. The van der Waals surface area contributed by atoms with Crippen LogP contribution >= 0.6 is 24.0 Å². The van der Waals surface area contributed by atoms with Gasteiger partial charge in [-0.05, 0) is 14.1 Å². The van der Waals surface area contributed by atoms with E-state index < -0.39 is 0 Å². The SMILES string of the molecule is CN1CCN(C)C([CH]SC=S)C1. The Morgan fingerprint density at radius 2 is 2.17 bits per heavy atom. The quantitative estimate of drug-likeness (QED) is 0.633. The van der Waals surface area contributed by atoms with Crippen LogP contribution in [0.5, 0.6) is 0 Å². The second-order valence-electron chi connectivity index (χ2n) is 3.18. The van der Waals surface area contributed by atoms with Crippen molar-refractivity contribution in [2.75, 3.05) is 33.7 Å². The number of nitrogens with zero attached hydrogens (tertiary/aromatic N) is 2. The molecule has 2 nitrogen and oxygen atoms in total. The molecule has 0 amide bonds. The van der Waals surface area contributed by atoms with Crippen molar-refractivity contribution in [3.05, 3.63) is 5.75 Å². The van der Waals surface area contributed by atoms with E-state index in [1.165, 1.54) is 6.54 Å². The number of rotatable bonds is 3. The van der Waals surface area contributed by atoms with Gasteiger partial charge in [0.05, 0.1) is 0 Å². The molecule has 1 fully saturated rings. The second-order valence-corrected chi connectivity index (χ2v) is 4.49. The zero-order chi connectivity index (χ0) is 8.97. The van der Waals surface area contributed by atoms with Crippen LogP contribution in [0.25, 0.3) is 0 Å². The number of piperazine rings is 1. The van der Waals surface area contributed by atoms with E-state index in [4.69, 9.17) is 12.2 Å². The summed E-state index contributed by atoms with van der Waals surface area (Å²) < 4.78 is 1.71. The van der Waals surface area contributed by atoms with Crippen molar-refractivity contribution in [2.45, 2.75) is 6.04 Å². The zero-order valence-corrected chi connectivity index (χ0v) is 9.20. The molecule has 0 aromatic rings. The van der Waals surface area contributed by atoms with Gasteiger partial charge >= 0.3 is 0 Å². The summed E-state index contributed by atoms with van der Waals surface area (Å²) in [5.74, 6) is 2.21. The topological polar surface area (TPSA) is 6.48 Å². The Kier molecular flexibility index (Phi) is 4.50. The standard InChI is InChI=1S/C8H15N2S2/c1-9-3-4-10(2)8(5-9)6-12-7-11/h6-8H,3-5H2,1-2H3. The maximum absolute atomic E-state index is 4.76. The van der Waals surface area contributed by atoms with Crippen molar-refractivity contribution in [1.29, 1.82) is 0 Å². The maximum atomic E-state index is 4.76. The molecule has 0 N–H and O–H groups in total. The molecule has 12 heavy (non-hydrogen) atoms. The molecule has 0 saturated carbocycles. The first-order valence-corrected chi connectivity index (χ1v) is 5.46. The monoisotopic (exact) mass is 203 g/mol. The van der Waals surface area contributed by atoms with E-state index in [9.17, 15) is 0 Å². The van der Waals surface area contributed by atoms with Crippen LogP contribution in [0.1, 0.15) is 0 Å². The normalized spacial score (nSPS) is 27.3. The average molecular weight is 203 g/mol. The molecule has 0 aromatic heterocycles. The number of hydrogen-bond acceptors (Lipinski definition) is 4. The van der Waals surface area contributed by atoms with Gasteiger partial charge < -0.3 is 4.90 Å². The van der Waals surface area contributed by atoms with Crippen molar-refractivity contribution < 1.29 is 0 Å². The van der Waals surface area contributed by atoms with Crippen LogP contribution in [-0.2, 0) is 0 Å². The van der Waals surface area contributed by atoms with Gasteiger partial charge in [0.1, 0.15) is 0 Å². The van der Waals surface area contributed by atoms with Crippen LogP contribution in [0.4, 0.5) is 0 Å². The van der Waals surface area contributed by atoms with E-state index in [0.29, 0.717) is 6.04 Å². The highest BCUT2D eigenvalue weighted by molar-refractivity contribution is 8.22. The Morgan fingerprint density at radius 1 is 1.42 bits per heavy atom. The van der Waals surface area contributed by atoms with Gasteiger partial charge in [-0.15, -0.1) is 11.8 Å². The van der Waals surface area contributed by atoms with Crippen molar-refractivity contribution in [2.24, 2.45) is 0 Å². The summed E-state index contributed by atoms with van der Waals surface area (Å²) in [6.07, 6.45) is 0. The number of thioether (sulfide) groups is 1. The Labute approximate surface area is 84.3 Å². The van der Waals surface area contributed by atoms with Crippen LogP contribution in [0.3, 0.4) is 0 Å². The summed E-state index contributed by atoms with van der Waals surface area (Å²) in [6.45, 7) is 3.44. The molecule has 1 heterocycles. The fourth-order valence-electron chi connectivity index (χ4n) is 1.31. The minimum absolute atomic E-state index is 0.549. The van der Waals surface area contributed by atoms with Crippen molar-refractivity contribution in [1.82, 2.24) is 9.80 Å². The summed E-state index contributed by atoms with van der Waals surface area (Å²) in [6, 6.07) is 0.549. The average Bonchev–Trinajstić information content (AvgIpc) is 2.07. The van der Waals surface area contributed by atoms with Gasteiger partial charge in [-0.1, -0.05) is 12.2 Å². The predicted octanol–water partition coefficient (Wildman–Crippen LogP) is 1.08. The van der Waals surface area contributed by atoms with Crippen LogP contribution < -0.4 is 0 Å². The molecule has 0 aromatic carbocycles. The Morgan fingerprint density at radius 3 is 2.83 bits per heavy atom. The molecule has 1 rings (SSSR count). The predicted molar refractivity (Wildman–Crippen MR) is 59.5 cm³/mol. The molecule has 1 atom stereocenters. The summed E-state index contributed by atoms with van der Waals surface area (Å²) in [5.41, 5.74) is 0. The first-order valence-electron chi connectivity index (χ1n) is 4.05. The molecule has 69 valence electrons. The van der Waals surface area contributed by atoms with Gasteiger partial charge in [0, 0.05) is 36.1 Å². The summed E-state index contributed by atoms with van der Waals surface area (Å²) in [7, 11) is 4.33. The van der Waals surface area contributed by atoms with Gasteiger partial charge in [0.2, 0.25) is 0 Å². The van der Waals surface area contributed by atoms with E-state index in [0.717, 1.165) is 13.1 Å². The highest BCUT2D eigenvalue weighted by Gasteiger charge is 2.21. The minimum atomic E-state index is 0.549. The lowest BCUT2D eigenvalue weighted by atomic mass is 10.2. The fourth-order valence-corrected chi connectivity index (χ4v) is 2.05. The Hall–Kier alpha value is 0.360. The molecule has 1 unspecified atom stereocenters. The lowest BCUT2D eigenvalue weighted by Crippen LogP contribution is -2.49. The van der Waals surface area contributed by atoms with Gasteiger partial charge in [-0.3, -0.25) is 4.90 Å². The second kappa shape index (κ2) is 5.17. The van der Waals surface area contributed by atoms with E-state index in [1.54, 1.807) is 16.5 Å². The first-order chi connectivity index (χ1) is 5.74. The van der Waals surface area contributed by atoms with E-state index in [-0.39, 0.29) is 0 Å². The Bertz CT molecular complexity index is 152. The maximum Gasteiger partial charge on any atom is 0.0403 e. The Balaban J connectivity index is 2.32. The summed E-state index contributed by atoms with van der Waals surface area (Å²) in [5, 5.41) is 0. The van der Waals surface area contributed by atoms with Crippen LogP contribution in [0, 0.1) is 5.75 Å². The largest absolute Gasteiger partial charge is 0.303 e. The molecule has 0 bridgehead atoms. The highest BCUT2D eigenvalue weighted by Crippen LogP contribution is 2.15. The van der Waals surface area contributed by atoms with Crippen LogP contribution in [-0.4, -0.2) is 54.3 Å². The molecule has 1 aliphatic rings. The smallest absolute Gasteiger partial charge is 0.0403 e. The minimum Gasteiger partial charge on any atom is -0.303 e. The van der Waals surface area contributed by atoms with Gasteiger partial charge in [-0.25, -0.2) is 0 Å². The molecular formula is C8H15N2S2. The van der Waals surface area contributed by atoms with Crippen molar-refractivity contribution in [3.63, 3.8) is 0 Å². The molecule has 0 spiro atoms. The number of hydrogen-bond donors (Lipinski definition) is 0.